The van der Waals surface area contributed by atoms with E-state index in [1.54, 1.807) is 37.5 Å². The second kappa shape index (κ2) is 9.93. The van der Waals surface area contributed by atoms with Gasteiger partial charge in [0, 0.05) is 46.5 Å². The number of nitrogens with zero attached hydrogens (tertiary/aromatic N) is 1. The van der Waals surface area contributed by atoms with Crippen molar-refractivity contribution in [2.24, 2.45) is 0 Å². The van der Waals surface area contributed by atoms with Crippen LogP contribution in [-0.4, -0.2) is 15.0 Å². The normalized spacial score (nSPS) is 13.2. The Balaban J connectivity index is 0.000000828. The molecule has 1 saturated carbocycles. The summed E-state index contributed by atoms with van der Waals surface area (Å²) in [6.45, 7) is 3.61. The van der Waals surface area contributed by atoms with Crippen LogP contribution >= 0.6 is 0 Å². The smallest absolute Gasteiger partial charge is 0.168 e. The topological polar surface area (TPSA) is 53.7 Å². The Kier molecular flexibility index (Phi) is 6.55. The Morgan fingerprint density at radius 1 is 0.917 bits per heavy atom. The van der Waals surface area contributed by atoms with E-state index in [2.05, 4.69) is 15.0 Å². The minimum atomic E-state index is -0.521. The lowest BCUT2D eigenvalue weighted by Gasteiger charge is -2.12. The molecule has 0 bridgehead atoms. The molecule has 36 heavy (non-hydrogen) atoms. The van der Waals surface area contributed by atoms with Gasteiger partial charge in [-0.25, -0.2) is 18.2 Å². The number of ether oxygens (including phenoxy) is 1. The summed E-state index contributed by atoms with van der Waals surface area (Å²) in [4.78, 5) is 10.3. The molecule has 3 aromatic carbocycles. The molecule has 1 aliphatic rings. The lowest BCUT2D eigenvalue weighted by atomic mass is 9.98. The molecule has 5 aromatic rings. The van der Waals surface area contributed by atoms with Crippen LogP contribution in [0.15, 0.2) is 67.0 Å². The number of fused-ring (bicyclic) bond motifs is 1. The molecule has 1 aliphatic carbocycles. The van der Waals surface area contributed by atoms with Crippen molar-refractivity contribution in [2.75, 3.05) is 0 Å². The van der Waals surface area contributed by atoms with Crippen molar-refractivity contribution in [1.82, 2.24) is 15.0 Å². The van der Waals surface area contributed by atoms with Gasteiger partial charge in [0.15, 0.2) is 11.6 Å². The van der Waals surface area contributed by atoms with E-state index in [9.17, 15) is 13.2 Å². The predicted octanol–water partition coefficient (Wildman–Crippen LogP) is 8.40. The van der Waals surface area contributed by atoms with E-state index in [1.807, 2.05) is 13.0 Å². The number of benzene rings is 3. The molecule has 184 valence electrons. The minimum Gasteiger partial charge on any atom is -0.454 e. The van der Waals surface area contributed by atoms with Gasteiger partial charge >= 0.3 is 0 Å². The second-order valence-corrected chi connectivity index (χ2v) is 8.99. The van der Waals surface area contributed by atoms with Gasteiger partial charge in [-0.05, 0) is 42.8 Å². The van der Waals surface area contributed by atoms with Crippen LogP contribution in [0.25, 0.3) is 22.3 Å². The molecule has 0 spiro atoms. The molecule has 6 rings (SSSR count). The summed E-state index contributed by atoms with van der Waals surface area (Å²) in [6.07, 6.45) is 7.79. The summed E-state index contributed by atoms with van der Waals surface area (Å²) in [7, 11) is 0. The maximum absolute atomic E-state index is 14.7. The maximum Gasteiger partial charge on any atom is 0.168 e. The number of aromatic nitrogens is 3. The first-order valence-corrected chi connectivity index (χ1v) is 12.0. The highest BCUT2D eigenvalue weighted by Gasteiger charge is 2.19. The van der Waals surface area contributed by atoms with Crippen LogP contribution in [0.5, 0.6) is 11.5 Å². The number of rotatable bonds is 5. The molecule has 1 fully saturated rings. The van der Waals surface area contributed by atoms with Crippen LogP contribution in [0.2, 0.25) is 0 Å². The van der Waals surface area contributed by atoms with E-state index >= 15 is 0 Å². The van der Waals surface area contributed by atoms with Crippen molar-refractivity contribution >= 4 is 10.9 Å². The average Bonchev–Trinajstić information content (AvgIpc) is 3.54. The SMILES string of the molecule is C1CC1.Cc1c(Oc2ccc(F)c(-c3ncc(C(C)c4ccccc4F)[nH]3)c2)c(F)cc2[nH]ccc12. The van der Waals surface area contributed by atoms with Crippen molar-refractivity contribution in [3.05, 3.63) is 101 Å². The van der Waals surface area contributed by atoms with Gasteiger partial charge in [-0.1, -0.05) is 44.4 Å². The third-order valence-electron chi connectivity index (χ3n) is 6.21. The highest BCUT2D eigenvalue weighted by atomic mass is 19.1. The standard InChI is InChI=1S/C26H20F3N3O.C3H6/c1-14(17-5-3-4-6-20(17)27)24-13-31-26(32-24)19-11-16(7-8-21(19)28)33-25-15(2)18-9-10-30-23(18)12-22(25)29;1-2-3-1/h3-14,30H,1-2H3,(H,31,32);1-3H2. The van der Waals surface area contributed by atoms with Crippen molar-refractivity contribution in [1.29, 1.82) is 0 Å². The molecule has 7 heteroatoms. The molecule has 0 amide bonds. The lowest BCUT2D eigenvalue weighted by Crippen LogP contribution is -1.99. The third-order valence-corrected chi connectivity index (χ3v) is 6.21. The van der Waals surface area contributed by atoms with E-state index in [4.69, 9.17) is 4.74 Å². The van der Waals surface area contributed by atoms with E-state index in [0.29, 0.717) is 22.3 Å². The molecule has 2 aromatic heterocycles. The molecule has 0 aliphatic heterocycles. The summed E-state index contributed by atoms with van der Waals surface area (Å²) >= 11 is 0. The highest BCUT2D eigenvalue weighted by Crippen LogP contribution is 2.35. The zero-order valence-corrected chi connectivity index (χ0v) is 20.0. The number of imidazole rings is 1. The number of aryl methyl sites for hydroxylation is 1. The first-order chi connectivity index (χ1) is 17.4. The molecule has 1 unspecified atom stereocenters. The number of H-pyrrole nitrogens is 2. The quantitative estimate of drug-likeness (QED) is 0.260. The zero-order chi connectivity index (χ0) is 25.2. The van der Waals surface area contributed by atoms with E-state index in [0.717, 1.165) is 5.39 Å². The molecular formula is C29H26F3N3O. The largest absolute Gasteiger partial charge is 0.454 e. The summed E-state index contributed by atoms with van der Waals surface area (Å²) in [5, 5.41) is 0.839. The number of nitrogens with one attached hydrogen (secondary N) is 2. The van der Waals surface area contributed by atoms with Crippen molar-refractivity contribution in [2.45, 2.75) is 39.0 Å². The van der Waals surface area contributed by atoms with E-state index in [1.165, 1.54) is 49.6 Å². The number of halogens is 3. The fraction of sp³-hybridized carbons (Fsp3) is 0.207. The van der Waals surface area contributed by atoms with Crippen LogP contribution in [0, 0.1) is 24.4 Å². The Morgan fingerprint density at radius 2 is 1.69 bits per heavy atom. The predicted molar refractivity (Wildman–Crippen MR) is 135 cm³/mol. The first kappa shape index (κ1) is 23.7. The Bertz CT molecular complexity index is 1520. The fourth-order valence-corrected chi connectivity index (χ4v) is 4.00. The van der Waals surface area contributed by atoms with Gasteiger partial charge in [-0.15, -0.1) is 0 Å². The molecule has 0 radical (unpaired) electrons. The van der Waals surface area contributed by atoms with Gasteiger partial charge in [0.25, 0.3) is 0 Å². The van der Waals surface area contributed by atoms with Crippen molar-refractivity contribution < 1.29 is 17.9 Å². The summed E-state index contributed by atoms with van der Waals surface area (Å²) in [5.41, 5.74) is 2.62. The first-order valence-electron chi connectivity index (χ1n) is 12.0. The molecule has 1 atom stereocenters. The van der Waals surface area contributed by atoms with Gasteiger partial charge in [0.1, 0.15) is 23.2 Å². The fourth-order valence-electron chi connectivity index (χ4n) is 4.00. The molecule has 2 heterocycles. The third kappa shape index (κ3) is 4.87. The van der Waals surface area contributed by atoms with Gasteiger partial charge in [0.05, 0.1) is 5.56 Å². The zero-order valence-electron chi connectivity index (χ0n) is 20.0. The number of aromatic amines is 2. The number of hydrogen-bond donors (Lipinski definition) is 2. The van der Waals surface area contributed by atoms with Crippen molar-refractivity contribution in [3.63, 3.8) is 0 Å². The number of hydrogen-bond acceptors (Lipinski definition) is 2. The molecular weight excluding hydrogens is 463 g/mol. The van der Waals surface area contributed by atoms with Gasteiger partial charge in [-0.3, -0.25) is 0 Å². The van der Waals surface area contributed by atoms with Crippen LogP contribution in [0.3, 0.4) is 0 Å². The maximum atomic E-state index is 14.7. The second-order valence-electron chi connectivity index (χ2n) is 8.99. The summed E-state index contributed by atoms with van der Waals surface area (Å²) in [5.74, 6) is -1.04. The summed E-state index contributed by atoms with van der Waals surface area (Å²) < 4.78 is 49.3. The van der Waals surface area contributed by atoms with E-state index in [-0.39, 0.29) is 34.6 Å². The Labute approximate surface area is 207 Å². The van der Waals surface area contributed by atoms with Gasteiger partial charge < -0.3 is 14.7 Å². The van der Waals surface area contributed by atoms with Crippen LogP contribution in [-0.2, 0) is 0 Å². The monoisotopic (exact) mass is 489 g/mol. The van der Waals surface area contributed by atoms with Crippen LogP contribution in [0.4, 0.5) is 13.2 Å². The van der Waals surface area contributed by atoms with Gasteiger partial charge in [-0.2, -0.15) is 0 Å². The van der Waals surface area contributed by atoms with Crippen molar-refractivity contribution in [3.8, 4) is 22.9 Å². The van der Waals surface area contributed by atoms with E-state index < -0.39 is 11.6 Å². The highest BCUT2D eigenvalue weighted by molar-refractivity contribution is 5.85. The van der Waals surface area contributed by atoms with Gasteiger partial charge in [0.2, 0.25) is 0 Å². The average molecular weight is 490 g/mol. The minimum absolute atomic E-state index is 0.0768. The molecule has 0 saturated heterocycles. The lowest BCUT2D eigenvalue weighted by molar-refractivity contribution is 0.439. The Hall–Kier alpha value is -4.00. The molecule has 4 nitrogen and oxygen atoms in total. The Morgan fingerprint density at radius 3 is 2.44 bits per heavy atom. The van der Waals surface area contributed by atoms with Crippen LogP contribution in [0.1, 0.15) is 48.9 Å². The van der Waals surface area contributed by atoms with Crippen LogP contribution < -0.4 is 4.74 Å². The molecule has 2 N–H and O–H groups in total. The summed E-state index contributed by atoms with van der Waals surface area (Å²) in [6, 6.07) is 13.8.